The molecule has 5 heteroatoms. The van der Waals surface area contributed by atoms with Gasteiger partial charge in [-0.2, -0.15) is 0 Å². The molecule has 2 rings (SSSR count). The monoisotopic (exact) mass is 291 g/mol. The fourth-order valence-corrected chi connectivity index (χ4v) is 3.19. The molecule has 1 saturated carbocycles. The maximum atomic E-state index is 6.18. The molecule has 2 atom stereocenters. The van der Waals surface area contributed by atoms with Gasteiger partial charge in [-0.05, 0) is 37.0 Å². The first-order chi connectivity index (χ1) is 8.04. The molecule has 0 radical (unpaired) electrons. The molecule has 1 aromatic carbocycles. The van der Waals surface area contributed by atoms with E-state index in [-0.39, 0.29) is 0 Å². The van der Waals surface area contributed by atoms with Crippen molar-refractivity contribution in [2.24, 2.45) is 11.1 Å². The number of benzene rings is 1. The molecule has 2 nitrogen and oxygen atoms in total. The highest BCUT2D eigenvalue weighted by molar-refractivity contribution is 6.39. The SMILES string of the molecule is CO/N=C(\C)C1CC1c1c(Cl)cc(Cl)cc1Cl. The van der Waals surface area contributed by atoms with Gasteiger partial charge in [0.1, 0.15) is 7.11 Å². The summed E-state index contributed by atoms with van der Waals surface area (Å²) in [6.07, 6.45) is 1.000. The van der Waals surface area contributed by atoms with E-state index in [1.54, 1.807) is 19.2 Å². The topological polar surface area (TPSA) is 21.6 Å². The minimum atomic E-state index is 0.325. The fraction of sp³-hybridized carbons (Fsp3) is 0.417. The van der Waals surface area contributed by atoms with Crippen LogP contribution in [-0.2, 0) is 4.84 Å². The van der Waals surface area contributed by atoms with Gasteiger partial charge in [0.05, 0.1) is 5.71 Å². The van der Waals surface area contributed by atoms with Gasteiger partial charge in [0.15, 0.2) is 0 Å². The van der Waals surface area contributed by atoms with Crippen LogP contribution in [0.4, 0.5) is 0 Å². The number of hydrogen-bond acceptors (Lipinski definition) is 2. The molecule has 0 heterocycles. The van der Waals surface area contributed by atoms with Crippen LogP contribution in [0.2, 0.25) is 15.1 Å². The first kappa shape index (κ1) is 13.0. The molecular formula is C12H12Cl3NO. The molecule has 17 heavy (non-hydrogen) atoms. The van der Waals surface area contributed by atoms with Crippen molar-refractivity contribution >= 4 is 40.5 Å². The van der Waals surface area contributed by atoms with E-state index < -0.39 is 0 Å². The summed E-state index contributed by atoms with van der Waals surface area (Å²) in [7, 11) is 1.54. The van der Waals surface area contributed by atoms with Crippen molar-refractivity contribution in [1.82, 2.24) is 0 Å². The first-order valence-electron chi connectivity index (χ1n) is 5.26. The predicted octanol–water partition coefficient (Wildman–Crippen LogP) is 4.77. The normalized spacial score (nSPS) is 23.7. The molecule has 2 unspecified atom stereocenters. The molecule has 0 saturated heterocycles. The third-order valence-electron chi connectivity index (χ3n) is 2.98. The molecule has 0 spiro atoms. The van der Waals surface area contributed by atoms with Crippen molar-refractivity contribution in [3.8, 4) is 0 Å². The van der Waals surface area contributed by atoms with Crippen molar-refractivity contribution < 1.29 is 4.84 Å². The highest BCUT2D eigenvalue weighted by Gasteiger charge is 2.43. The lowest BCUT2D eigenvalue weighted by molar-refractivity contribution is 0.212. The van der Waals surface area contributed by atoms with Crippen LogP contribution in [0.5, 0.6) is 0 Å². The van der Waals surface area contributed by atoms with Crippen LogP contribution in [-0.4, -0.2) is 12.8 Å². The van der Waals surface area contributed by atoms with Gasteiger partial charge < -0.3 is 4.84 Å². The van der Waals surface area contributed by atoms with Crippen LogP contribution < -0.4 is 0 Å². The number of halogens is 3. The third-order valence-corrected chi connectivity index (χ3v) is 3.82. The Morgan fingerprint density at radius 2 is 1.88 bits per heavy atom. The van der Waals surface area contributed by atoms with Gasteiger partial charge in [-0.3, -0.25) is 0 Å². The van der Waals surface area contributed by atoms with Crippen molar-refractivity contribution in [3.63, 3.8) is 0 Å². The van der Waals surface area contributed by atoms with Gasteiger partial charge in [0, 0.05) is 21.0 Å². The molecule has 0 N–H and O–H groups in total. The lowest BCUT2D eigenvalue weighted by atomic mass is 10.1. The second kappa shape index (κ2) is 5.05. The second-order valence-corrected chi connectivity index (χ2v) is 5.40. The zero-order chi connectivity index (χ0) is 12.6. The number of nitrogens with zero attached hydrogens (tertiary/aromatic N) is 1. The summed E-state index contributed by atoms with van der Waals surface area (Å²) in [5.41, 5.74) is 1.94. The summed E-state index contributed by atoms with van der Waals surface area (Å²) in [5, 5.41) is 5.75. The summed E-state index contributed by atoms with van der Waals surface area (Å²) in [6, 6.07) is 3.45. The van der Waals surface area contributed by atoms with Gasteiger partial charge in [0.25, 0.3) is 0 Å². The van der Waals surface area contributed by atoms with Gasteiger partial charge in [-0.25, -0.2) is 0 Å². The van der Waals surface area contributed by atoms with E-state index in [1.807, 2.05) is 6.92 Å². The van der Waals surface area contributed by atoms with E-state index in [0.29, 0.717) is 26.9 Å². The largest absolute Gasteiger partial charge is 0.399 e. The van der Waals surface area contributed by atoms with Crippen LogP contribution >= 0.6 is 34.8 Å². The third kappa shape index (κ3) is 2.70. The van der Waals surface area contributed by atoms with Gasteiger partial charge in [0.2, 0.25) is 0 Å². The molecule has 1 aromatic rings. The lowest BCUT2D eigenvalue weighted by Crippen LogP contribution is -1.98. The Labute approximate surface area is 115 Å². The van der Waals surface area contributed by atoms with E-state index in [1.165, 1.54) is 0 Å². The Hall–Kier alpha value is -0.440. The molecule has 92 valence electrons. The van der Waals surface area contributed by atoms with Crippen LogP contribution in [0.3, 0.4) is 0 Å². The quantitative estimate of drug-likeness (QED) is 0.581. The fourth-order valence-electron chi connectivity index (χ4n) is 2.10. The summed E-state index contributed by atoms with van der Waals surface area (Å²) in [6.45, 7) is 1.95. The highest BCUT2D eigenvalue weighted by Crippen LogP contribution is 2.53. The lowest BCUT2D eigenvalue weighted by Gasteiger charge is -2.07. The Morgan fingerprint density at radius 3 is 2.41 bits per heavy atom. The Balaban J connectivity index is 2.24. The van der Waals surface area contributed by atoms with E-state index in [9.17, 15) is 0 Å². The standard InChI is InChI=1S/C12H12Cl3NO/c1-6(16-17-2)8-5-9(8)12-10(14)3-7(13)4-11(12)15/h3-4,8-9H,5H2,1-2H3/b16-6+. The van der Waals surface area contributed by atoms with Crippen molar-refractivity contribution in [3.05, 3.63) is 32.8 Å². The van der Waals surface area contributed by atoms with Crippen molar-refractivity contribution in [2.45, 2.75) is 19.3 Å². The molecule has 0 aliphatic heterocycles. The maximum Gasteiger partial charge on any atom is 0.106 e. The van der Waals surface area contributed by atoms with E-state index in [0.717, 1.165) is 17.7 Å². The smallest absolute Gasteiger partial charge is 0.106 e. The van der Waals surface area contributed by atoms with Gasteiger partial charge >= 0.3 is 0 Å². The van der Waals surface area contributed by atoms with Crippen LogP contribution in [0.15, 0.2) is 17.3 Å². The predicted molar refractivity (Wildman–Crippen MR) is 72.4 cm³/mol. The molecule has 1 fully saturated rings. The summed E-state index contributed by atoms with van der Waals surface area (Å²) >= 11 is 18.2. The summed E-state index contributed by atoms with van der Waals surface area (Å²) < 4.78 is 0. The van der Waals surface area contributed by atoms with E-state index >= 15 is 0 Å². The number of rotatable bonds is 3. The molecule has 1 aliphatic carbocycles. The van der Waals surface area contributed by atoms with E-state index in [4.69, 9.17) is 39.6 Å². The first-order valence-corrected chi connectivity index (χ1v) is 6.40. The van der Waals surface area contributed by atoms with Gasteiger partial charge in [-0.15, -0.1) is 0 Å². The molecule has 0 aromatic heterocycles. The average Bonchev–Trinajstić information content (AvgIpc) is 2.96. The van der Waals surface area contributed by atoms with Crippen LogP contribution in [0, 0.1) is 5.92 Å². The highest BCUT2D eigenvalue weighted by atomic mass is 35.5. The maximum absolute atomic E-state index is 6.18. The Bertz CT molecular complexity index is 450. The minimum absolute atomic E-state index is 0.325. The molecular weight excluding hydrogens is 280 g/mol. The molecule has 1 aliphatic rings. The zero-order valence-electron chi connectivity index (χ0n) is 9.51. The minimum Gasteiger partial charge on any atom is -0.399 e. The second-order valence-electron chi connectivity index (χ2n) is 4.15. The van der Waals surface area contributed by atoms with Crippen molar-refractivity contribution in [2.75, 3.05) is 7.11 Å². The average molecular weight is 293 g/mol. The summed E-state index contributed by atoms with van der Waals surface area (Å²) in [4.78, 5) is 4.77. The Kier molecular flexibility index (Phi) is 3.86. The van der Waals surface area contributed by atoms with Crippen LogP contribution in [0.1, 0.15) is 24.8 Å². The summed E-state index contributed by atoms with van der Waals surface area (Å²) in [5.74, 6) is 0.692. The zero-order valence-corrected chi connectivity index (χ0v) is 11.8. The van der Waals surface area contributed by atoms with Crippen molar-refractivity contribution in [1.29, 1.82) is 0 Å². The number of hydrogen-bond donors (Lipinski definition) is 0. The number of oxime groups is 1. The Morgan fingerprint density at radius 1 is 1.29 bits per heavy atom. The van der Waals surface area contributed by atoms with Crippen LogP contribution in [0.25, 0.3) is 0 Å². The van der Waals surface area contributed by atoms with E-state index in [2.05, 4.69) is 5.16 Å². The molecule has 0 amide bonds. The molecule has 0 bridgehead atoms. The van der Waals surface area contributed by atoms with Gasteiger partial charge in [-0.1, -0.05) is 40.0 Å².